The van der Waals surface area contributed by atoms with Crippen molar-refractivity contribution in [2.45, 2.75) is 19.3 Å². The predicted octanol–water partition coefficient (Wildman–Crippen LogP) is 1.67. The Bertz CT molecular complexity index is 377. The van der Waals surface area contributed by atoms with Crippen LogP contribution in [0.25, 0.3) is 0 Å². The third kappa shape index (κ3) is 2.52. The van der Waals surface area contributed by atoms with Crippen molar-refractivity contribution in [3.63, 3.8) is 0 Å². The number of nitrogens with two attached hydrogens (primary N) is 1. The maximum absolute atomic E-state index is 10.9. The second-order valence-corrected chi connectivity index (χ2v) is 3.75. The van der Waals surface area contributed by atoms with Crippen molar-refractivity contribution in [2.75, 3.05) is 13.7 Å². The van der Waals surface area contributed by atoms with E-state index in [2.05, 4.69) is 0 Å². The molecule has 0 heterocycles. The molecule has 1 aromatic carbocycles. The van der Waals surface area contributed by atoms with Crippen molar-refractivity contribution >= 4 is 6.29 Å². The molecule has 4 nitrogen and oxygen atoms in total. The molecule has 0 bridgehead atoms. The number of rotatable bonds is 5. The van der Waals surface area contributed by atoms with Crippen LogP contribution in [0.3, 0.4) is 0 Å². The van der Waals surface area contributed by atoms with E-state index in [1.165, 1.54) is 7.11 Å². The molecule has 0 saturated carbocycles. The first-order valence-corrected chi connectivity index (χ1v) is 5.20. The van der Waals surface area contributed by atoms with Crippen LogP contribution in [0, 0.1) is 0 Å². The van der Waals surface area contributed by atoms with E-state index in [0.717, 1.165) is 18.3 Å². The fourth-order valence-electron chi connectivity index (χ4n) is 1.70. The van der Waals surface area contributed by atoms with Crippen LogP contribution in [-0.2, 0) is 0 Å². The number of aromatic hydroxyl groups is 1. The van der Waals surface area contributed by atoms with Crippen molar-refractivity contribution in [1.29, 1.82) is 0 Å². The fraction of sp³-hybridized carbons (Fsp3) is 0.417. The molecular formula is C12H17NO3. The van der Waals surface area contributed by atoms with Gasteiger partial charge in [-0.1, -0.05) is 6.92 Å². The second-order valence-electron chi connectivity index (χ2n) is 3.75. The minimum absolute atomic E-state index is 0.0481. The zero-order valence-corrected chi connectivity index (χ0v) is 9.56. The summed E-state index contributed by atoms with van der Waals surface area (Å²) in [5.74, 6) is 0.500. The molecule has 4 heteroatoms. The molecule has 0 spiro atoms. The monoisotopic (exact) mass is 223 g/mol. The Balaban J connectivity index is 3.17. The van der Waals surface area contributed by atoms with Gasteiger partial charge in [0, 0.05) is 5.56 Å². The third-order valence-electron chi connectivity index (χ3n) is 2.64. The summed E-state index contributed by atoms with van der Waals surface area (Å²) in [5, 5.41) is 9.66. The van der Waals surface area contributed by atoms with Gasteiger partial charge >= 0.3 is 0 Å². The van der Waals surface area contributed by atoms with Gasteiger partial charge in [0.05, 0.1) is 7.11 Å². The van der Waals surface area contributed by atoms with Crippen molar-refractivity contribution in [3.8, 4) is 11.5 Å². The highest BCUT2D eigenvalue weighted by atomic mass is 16.5. The highest BCUT2D eigenvalue weighted by Crippen LogP contribution is 2.33. The van der Waals surface area contributed by atoms with E-state index in [-0.39, 0.29) is 11.7 Å². The van der Waals surface area contributed by atoms with Crippen LogP contribution in [0.5, 0.6) is 11.5 Å². The number of carbonyl (C=O) groups is 1. The van der Waals surface area contributed by atoms with Gasteiger partial charge in [0.2, 0.25) is 0 Å². The van der Waals surface area contributed by atoms with Crippen LogP contribution in [0.2, 0.25) is 0 Å². The van der Waals surface area contributed by atoms with Crippen LogP contribution in [0.4, 0.5) is 0 Å². The number of phenolic OH excluding ortho intramolecular Hbond substituents is 1. The van der Waals surface area contributed by atoms with E-state index in [9.17, 15) is 9.90 Å². The average molecular weight is 223 g/mol. The quantitative estimate of drug-likeness (QED) is 0.745. The van der Waals surface area contributed by atoms with Gasteiger partial charge < -0.3 is 15.6 Å². The number of hydrogen-bond acceptors (Lipinski definition) is 4. The Morgan fingerprint density at radius 1 is 1.56 bits per heavy atom. The molecule has 0 aliphatic heterocycles. The zero-order valence-electron chi connectivity index (χ0n) is 9.56. The molecule has 16 heavy (non-hydrogen) atoms. The third-order valence-corrected chi connectivity index (χ3v) is 2.64. The lowest BCUT2D eigenvalue weighted by Gasteiger charge is -2.15. The van der Waals surface area contributed by atoms with Crippen molar-refractivity contribution in [3.05, 3.63) is 23.3 Å². The number of aldehydes is 1. The van der Waals surface area contributed by atoms with Gasteiger partial charge in [-0.05, 0) is 36.6 Å². The summed E-state index contributed by atoms with van der Waals surface area (Å²) in [6.07, 6.45) is 1.54. The van der Waals surface area contributed by atoms with Gasteiger partial charge in [0.25, 0.3) is 0 Å². The lowest BCUT2D eigenvalue weighted by Crippen LogP contribution is -2.06. The molecule has 0 amide bonds. The molecule has 1 unspecified atom stereocenters. The van der Waals surface area contributed by atoms with Crippen LogP contribution in [0.1, 0.15) is 35.2 Å². The summed E-state index contributed by atoms with van der Waals surface area (Å²) in [6.45, 7) is 2.52. The zero-order chi connectivity index (χ0) is 12.1. The van der Waals surface area contributed by atoms with E-state index in [4.69, 9.17) is 10.5 Å². The lowest BCUT2D eigenvalue weighted by molar-refractivity contribution is 0.112. The Kier molecular flexibility index (Phi) is 4.31. The van der Waals surface area contributed by atoms with Gasteiger partial charge in [-0.25, -0.2) is 0 Å². The van der Waals surface area contributed by atoms with E-state index in [1.54, 1.807) is 12.1 Å². The summed E-state index contributed by atoms with van der Waals surface area (Å²) >= 11 is 0. The topological polar surface area (TPSA) is 72.5 Å². The molecule has 0 aliphatic carbocycles. The van der Waals surface area contributed by atoms with E-state index >= 15 is 0 Å². The minimum Gasteiger partial charge on any atom is -0.504 e. The number of ether oxygens (including phenoxy) is 1. The van der Waals surface area contributed by atoms with Crippen molar-refractivity contribution in [2.24, 2.45) is 5.73 Å². The fourth-order valence-corrected chi connectivity index (χ4v) is 1.70. The van der Waals surface area contributed by atoms with E-state index < -0.39 is 0 Å². The highest BCUT2D eigenvalue weighted by molar-refractivity contribution is 5.79. The molecule has 0 aromatic heterocycles. The van der Waals surface area contributed by atoms with Crippen LogP contribution in [0.15, 0.2) is 12.1 Å². The molecule has 0 aliphatic rings. The standard InChI is InChI=1S/C12H17NO3/c1-8(3-4-13)10-6-11(15)12(16-2)5-9(10)7-14/h5-8,15H,3-4,13H2,1-2H3. The predicted molar refractivity (Wildman–Crippen MR) is 62.1 cm³/mol. The second kappa shape index (κ2) is 5.51. The molecular weight excluding hydrogens is 206 g/mol. The van der Waals surface area contributed by atoms with Crippen molar-refractivity contribution < 1.29 is 14.6 Å². The molecule has 1 atom stereocenters. The van der Waals surface area contributed by atoms with Crippen LogP contribution < -0.4 is 10.5 Å². The first kappa shape index (κ1) is 12.5. The maximum atomic E-state index is 10.9. The molecule has 3 N–H and O–H groups in total. The molecule has 1 aromatic rings. The molecule has 88 valence electrons. The van der Waals surface area contributed by atoms with Gasteiger partial charge in [0.15, 0.2) is 11.5 Å². The highest BCUT2D eigenvalue weighted by Gasteiger charge is 2.14. The van der Waals surface area contributed by atoms with Gasteiger partial charge in [-0.3, -0.25) is 4.79 Å². The normalized spacial score (nSPS) is 12.2. The summed E-state index contributed by atoms with van der Waals surface area (Å²) in [7, 11) is 1.45. The smallest absolute Gasteiger partial charge is 0.161 e. The summed E-state index contributed by atoms with van der Waals surface area (Å²) < 4.78 is 4.95. The summed E-state index contributed by atoms with van der Waals surface area (Å²) in [5.41, 5.74) is 6.82. The first-order valence-electron chi connectivity index (χ1n) is 5.20. The van der Waals surface area contributed by atoms with E-state index in [1.807, 2.05) is 6.92 Å². The molecule has 0 radical (unpaired) electrons. The van der Waals surface area contributed by atoms with Gasteiger partial charge in [-0.15, -0.1) is 0 Å². The van der Waals surface area contributed by atoms with Gasteiger partial charge in [0.1, 0.15) is 6.29 Å². The number of hydrogen-bond donors (Lipinski definition) is 2. The molecule has 0 saturated heterocycles. The SMILES string of the molecule is COc1cc(C=O)c(C(C)CCN)cc1O. The number of methoxy groups -OCH3 is 1. The van der Waals surface area contributed by atoms with Crippen LogP contribution in [-0.4, -0.2) is 25.0 Å². The van der Waals surface area contributed by atoms with E-state index in [0.29, 0.717) is 17.9 Å². The van der Waals surface area contributed by atoms with Gasteiger partial charge in [-0.2, -0.15) is 0 Å². The summed E-state index contributed by atoms with van der Waals surface area (Å²) in [4.78, 5) is 10.9. The average Bonchev–Trinajstić information content (AvgIpc) is 2.29. The Morgan fingerprint density at radius 2 is 2.25 bits per heavy atom. The van der Waals surface area contributed by atoms with Crippen LogP contribution >= 0.6 is 0 Å². The number of carbonyl (C=O) groups excluding carboxylic acids is 1. The molecule has 0 fully saturated rings. The largest absolute Gasteiger partial charge is 0.504 e. The Hall–Kier alpha value is -1.55. The lowest BCUT2D eigenvalue weighted by atomic mass is 9.93. The van der Waals surface area contributed by atoms with Crippen molar-refractivity contribution in [1.82, 2.24) is 0 Å². The Labute approximate surface area is 95.0 Å². The Morgan fingerprint density at radius 3 is 2.75 bits per heavy atom. The molecule has 1 rings (SSSR count). The minimum atomic E-state index is 0.0481. The summed E-state index contributed by atoms with van der Waals surface area (Å²) in [6, 6.07) is 3.12. The number of phenols is 1. The first-order chi connectivity index (χ1) is 7.63. The number of benzene rings is 1. The maximum Gasteiger partial charge on any atom is 0.161 e.